The van der Waals surface area contributed by atoms with E-state index in [0.29, 0.717) is 19.4 Å². The quantitative estimate of drug-likeness (QED) is 0.230. The maximum absolute atomic E-state index is 14.6. The normalized spacial score (nSPS) is 24.2. The molecular formula is C36H53N7O6. The second-order valence-corrected chi connectivity index (χ2v) is 15.5. The number of hydrogen-bond acceptors (Lipinski definition) is 8. The topological polar surface area (TPSA) is 180 Å². The van der Waals surface area contributed by atoms with Crippen molar-refractivity contribution < 1.29 is 28.8 Å². The molecule has 0 radical (unpaired) electrons. The number of rotatable bonds is 13. The van der Waals surface area contributed by atoms with Crippen molar-refractivity contribution in [2.45, 2.75) is 135 Å². The van der Waals surface area contributed by atoms with Gasteiger partial charge in [-0.25, -0.2) is 4.98 Å². The van der Waals surface area contributed by atoms with E-state index in [9.17, 15) is 28.8 Å². The van der Waals surface area contributed by atoms with Crippen LogP contribution in [0.3, 0.4) is 0 Å². The molecule has 49 heavy (non-hydrogen) atoms. The van der Waals surface area contributed by atoms with Crippen LogP contribution < -0.4 is 21.3 Å². The lowest BCUT2D eigenvalue weighted by molar-refractivity contribution is -0.146. The molecule has 13 nitrogen and oxygen atoms in total. The van der Waals surface area contributed by atoms with Crippen LogP contribution in [0.2, 0.25) is 0 Å². The van der Waals surface area contributed by atoms with Gasteiger partial charge in [0, 0.05) is 25.0 Å². The van der Waals surface area contributed by atoms with Crippen molar-refractivity contribution in [1.82, 2.24) is 36.1 Å². The fourth-order valence-electron chi connectivity index (χ4n) is 7.87. The lowest BCUT2D eigenvalue weighted by atomic mass is 9.82. The third-order valence-corrected chi connectivity index (χ3v) is 10.7. The van der Waals surface area contributed by atoms with Crippen molar-refractivity contribution >= 4 is 35.3 Å². The Kier molecular flexibility index (Phi) is 11.7. The predicted octanol–water partition coefficient (Wildman–Crippen LogP) is 2.45. The summed E-state index contributed by atoms with van der Waals surface area (Å²) in [6.07, 6.45) is 13.9. The largest absolute Gasteiger partial charge is 0.347 e. The molecule has 1 aliphatic heterocycles. The summed E-state index contributed by atoms with van der Waals surface area (Å²) < 4.78 is 0. The monoisotopic (exact) mass is 679 g/mol. The first-order chi connectivity index (χ1) is 23.4. The van der Waals surface area contributed by atoms with Crippen LogP contribution in [-0.2, 0) is 24.0 Å². The molecule has 13 heteroatoms. The van der Waals surface area contributed by atoms with Gasteiger partial charge in [0.2, 0.25) is 23.5 Å². The van der Waals surface area contributed by atoms with Crippen LogP contribution in [0.4, 0.5) is 0 Å². The number of carbonyl (C=O) groups is 6. The minimum absolute atomic E-state index is 0.0132. The molecule has 5 rings (SSSR count). The molecule has 2 unspecified atom stereocenters. The number of carbonyl (C=O) groups excluding carboxylic acids is 6. The molecule has 3 aliphatic carbocycles. The summed E-state index contributed by atoms with van der Waals surface area (Å²) in [7, 11) is 0. The smallest absolute Gasteiger partial charge is 0.289 e. The van der Waals surface area contributed by atoms with Gasteiger partial charge in [-0.15, -0.1) is 0 Å². The molecule has 1 saturated heterocycles. The van der Waals surface area contributed by atoms with Crippen LogP contribution in [0.25, 0.3) is 0 Å². The molecule has 3 saturated carbocycles. The molecule has 1 aromatic heterocycles. The van der Waals surface area contributed by atoms with E-state index in [0.717, 1.165) is 64.2 Å². The van der Waals surface area contributed by atoms with Crippen LogP contribution in [0.5, 0.6) is 0 Å². The summed E-state index contributed by atoms with van der Waals surface area (Å²) in [4.78, 5) is 91.4. The van der Waals surface area contributed by atoms with Crippen LogP contribution in [0.1, 0.15) is 115 Å². The molecule has 4 N–H and O–H groups in total. The lowest BCUT2D eigenvalue weighted by Gasteiger charge is -2.38. The number of likely N-dealkylation sites (tertiary alicyclic amines) is 1. The molecule has 5 amide bonds. The van der Waals surface area contributed by atoms with Crippen LogP contribution in [0, 0.1) is 23.2 Å². The van der Waals surface area contributed by atoms with E-state index in [4.69, 9.17) is 0 Å². The van der Waals surface area contributed by atoms with E-state index in [1.54, 1.807) is 4.90 Å². The van der Waals surface area contributed by atoms with Gasteiger partial charge in [0.15, 0.2) is 0 Å². The number of fused-ring (bicyclic) bond motifs is 1. The van der Waals surface area contributed by atoms with Gasteiger partial charge in [0.25, 0.3) is 11.8 Å². The number of nitrogens with zero attached hydrogens (tertiary/aromatic N) is 3. The zero-order valence-electron chi connectivity index (χ0n) is 29.3. The summed E-state index contributed by atoms with van der Waals surface area (Å²) in [5, 5.41) is 11.5. The number of amides is 5. The fraction of sp³-hybridized carbons (Fsp3) is 0.722. The van der Waals surface area contributed by atoms with Crippen LogP contribution in [-0.4, -0.2) is 86.9 Å². The maximum Gasteiger partial charge on any atom is 0.289 e. The van der Waals surface area contributed by atoms with Gasteiger partial charge < -0.3 is 26.2 Å². The van der Waals surface area contributed by atoms with E-state index in [2.05, 4.69) is 31.2 Å². The summed E-state index contributed by atoms with van der Waals surface area (Å²) >= 11 is 0. The van der Waals surface area contributed by atoms with Gasteiger partial charge in [-0.3, -0.25) is 33.8 Å². The number of ketones is 1. The Bertz CT molecular complexity index is 1390. The Morgan fingerprint density at radius 3 is 2.27 bits per heavy atom. The number of aromatic nitrogens is 2. The van der Waals surface area contributed by atoms with E-state index < -0.39 is 59.0 Å². The highest BCUT2D eigenvalue weighted by Gasteiger charge is 2.52. The zero-order chi connectivity index (χ0) is 35.3. The summed E-state index contributed by atoms with van der Waals surface area (Å²) in [5.41, 5.74) is -0.638. The van der Waals surface area contributed by atoms with Gasteiger partial charge in [0.05, 0.1) is 12.2 Å². The molecule has 268 valence electrons. The number of Topliss-reactive ketones (excluding diaryl/α,β-unsaturated/α-hetero) is 1. The second-order valence-electron chi connectivity index (χ2n) is 15.5. The average molecular weight is 680 g/mol. The summed E-state index contributed by atoms with van der Waals surface area (Å²) in [6, 6.07) is -3.68. The Morgan fingerprint density at radius 1 is 0.898 bits per heavy atom. The van der Waals surface area contributed by atoms with Gasteiger partial charge >= 0.3 is 0 Å². The molecule has 6 atom stereocenters. The second kappa shape index (κ2) is 15.8. The van der Waals surface area contributed by atoms with Gasteiger partial charge in [-0.2, -0.15) is 0 Å². The Morgan fingerprint density at radius 2 is 1.63 bits per heavy atom. The van der Waals surface area contributed by atoms with Gasteiger partial charge in [0.1, 0.15) is 23.8 Å². The Hall–Kier alpha value is -3.90. The maximum atomic E-state index is 14.6. The minimum atomic E-state index is -0.994. The molecule has 2 heterocycles. The van der Waals surface area contributed by atoms with Crippen molar-refractivity contribution in [3.8, 4) is 0 Å². The highest BCUT2D eigenvalue weighted by molar-refractivity contribution is 6.38. The molecule has 4 aliphatic rings. The van der Waals surface area contributed by atoms with Crippen molar-refractivity contribution in [3.05, 3.63) is 24.3 Å². The fourth-order valence-corrected chi connectivity index (χ4v) is 7.87. The van der Waals surface area contributed by atoms with Crippen molar-refractivity contribution in [2.24, 2.45) is 23.2 Å². The molecule has 4 fully saturated rings. The highest BCUT2D eigenvalue weighted by atomic mass is 16.2. The van der Waals surface area contributed by atoms with Crippen molar-refractivity contribution in [1.29, 1.82) is 0 Å². The Balaban J connectivity index is 1.36. The molecule has 0 aromatic carbocycles. The van der Waals surface area contributed by atoms with E-state index >= 15 is 0 Å². The first-order valence-corrected chi connectivity index (χ1v) is 18.2. The third kappa shape index (κ3) is 8.83. The lowest BCUT2D eigenvalue weighted by Crippen LogP contribution is -2.62. The third-order valence-electron chi connectivity index (χ3n) is 10.7. The van der Waals surface area contributed by atoms with E-state index in [1.807, 2.05) is 27.7 Å². The van der Waals surface area contributed by atoms with Gasteiger partial charge in [-0.05, 0) is 68.1 Å². The summed E-state index contributed by atoms with van der Waals surface area (Å²) in [6.45, 7) is 7.85. The molecule has 0 bridgehead atoms. The standard InChI is InChI=1S/C36H53N7O6/c1-5-10-25(29(44)34(48)39-23-15-16-23)40-33(47)28-24-14-9-13-22(24)20-43(28)35(49)30(36(2,3)4)42-32(46)27(21-11-7-6-8-12-21)41-31(45)26-19-37-17-18-38-26/h17-19,21-25,27-28,30H,5-16,20H2,1-4H3,(H,39,48)(H,40,47)(H,41,45)(H,42,46)/t22-,24-,25-,27?,28+,30?/m0/s1. The zero-order valence-corrected chi connectivity index (χ0v) is 29.3. The van der Waals surface area contributed by atoms with Crippen molar-refractivity contribution in [3.63, 3.8) is 0 Å². The first kappa shape index (κ1) is 36.4. The molecule has 1 aromatic rings. The SMILES string of the molecule is CCC[C@H](NC(=O)[C@H]1[C@H]2CCC[C@H]2CN1C(=O)C(NC(=O)C(NC(=O)c1cnccn1)C1CCCCC1)C(C)(C)C)C(=O)C(=O)NC1CC1. The molecular weight excluding hydrogens is 626 g/mol. The first-order valence-electron chi connectivity index (χ1n) is 18.2. The van der Waals surface area contributed by atoms with E-state index in [-0.39, 0.29) is 35.4 Å². The highest BCUT2D eigenvalue weighted by Crippen LogP contribution is 2.43. The average Bonchev–Trinajstić information content (AvgIpc) is 3.65. The van der Waals surface area contributed by atoms with E-state index in [1.165, 1.54) is 18.6 Å². The summed E-state index contributed by atoms with van der Waals surface area (Å²) in [5.74, 6) is -3.20. The number of hydrogen-bond donors (Lipinski definition) is 4. The van der Waals surface area contributed by atoms with Crippen molar-refractivity contribution in [2.75, 3.05) is 6.54 Å². The minimum Gasteiger partial charge on any atom is -0.347 e. The van der Waals surface area contributed by atoms with Gasteiger partial charge in [-0.1, -0.05) is 59.8 Å². The van der Waals surface area contributed by atoms with Crippen LogP contribution in [0.15, 0.2) is 18.6 Å². The number of nitrogens with one attached hydrogen (secondary N) is 4. The predicted molar refractivity (Wildman–Crippen MR) is 181 cm³/mol. The Labute approximate surface area is 288 Å². The van der Waals surface area contributed by atoms with Crippen LogP contribution >= 0.6 is 0 Å². The molecule has 0 spiro atoms.